The molecule has 0 aliphatic heterocycles. The van der Waals surface area contributed by atoms with Crippen LogP contribution >= 0.6 is 12.2 Å². The highest BCUT2D eigenvalue weighted by atomic mass is 32.1. The highest BCUT2D eigenvalue weighted by Gasteiger charge is 2.18. The van der Waals surface area contributed by atoms with Gasteiger partial charge in [-0.3, -0.25) is 0 Å². The van der Waals surface area contributed by atoms with E-state index in [0.29, 0.717) is 4.99 Å². The lowest BCUT2D eigenvalue weighted by molar-refractivity contribution is 0.161. The minimum absolute atomic E-state index is 0.667. The van der Waals surface area contributed by atoms with E-state index in [1.807, 2.05) is 0 Å². The summed E-state index contributed by atoms with van der Waals surface area (Å²) in [5.74, 6) is 0. The summed E-state index contributed by atoms with van der Waals surface area (Å²) in [7, 11) is 0. The molecule has 94 valence electrons. The Bertz CT molecular complexity index is 200. The van der Waals surface area contributed by atoms with Gasteiger partial charge in [0.25, 0.3) is 0 Å². The molecule has 2 N–H and O–H groups in total. The molecule has 0 aromatic heterocycles. The van der Waals surface area contributed by atoms with Crippen LogP contribution in [-0.2, 0) is 0 Å². The van der Waals surface area contributed by atoms with Crippen molar-refractivity contribution in [3.63, 3.8) is 0 Å². The van der Waals surface area contributed by atoms with Crippen LogP contribution in [0.2, 0.25) is 0 Å². The first kappa shape index (κ1) is 13.9. The van der Waals surface area contributed by atoms with Crippen molar-refractivity contribution in [2.24, 2.45) is 5.73 Å². The second-order valence-electron chi connectivity index (χ2n) is 4.84. The van der Waals surface area contributed by atoms with E-state index in [4.69, 9.17) is 18.0 Å². The van der Waals surface area contributed by atoms with E-state index in [2.05, 4.69) is 11.8 Å². The number of hydrogen-bond acceptors (Lipinski definition) is 2. The summed E-state index contributed by atoms with van der Waals surface area (Å²) in [6.45, 7) is 4.70. The molecule has 0 aromatic rings. The molecule has 0 bridgehead atoms. The number of rotatable bonds is 7. The third-order valence-electron chi connectivity index (χ3n) is 3.62. The average molecular weight is 242 g/mol. The van der Waals surface area contributed by atoms with Crippen LogP contribution in [0.15, 0.2) is 0 Å². The van der Waals surface area contributed by atoms with Crippen LogP contribution in [0.4, 0.5) is 0 Å². The molecule has 0 spiro atoms. The van der Waals surface area contributed by atoms with Gasteiger partial charge < -0.3 is 10.6 Å². The summed E-state index contributed by atoms with van der Waals surface area (Å²) in [5, 5.41) is 0. The molecule has 0 atom stereocenters. The Morgan fingerprint density at radius 3 is 2.50 bits per heavy atom. The van der Waals surface area contributed by atoms with Crippen molar-refractivity contribution in [3.8, 4) is 0 Å². The number of nitrogens with two attached hydrogens (primary N) is 1. The fourth-order valence-electron chi connectivity index (χ4n) is 2.66. The maximum atomic E-state index is 5.50. The van der Waals surface area contributed by atoms with Gasteiger partial charge >= 0.3 is 0 Å². The predicted octanol–water partition coefficient (Wildman–Crippen LogP) is 3.10. The summed E-state index contributed by atoms with van der Waals surface area (Å²) in [5.41, 5.74) is 5.50. The SMILES string of the molecule is CCN(CCCCC(N)=S)C1CCCCC1. The monoisotopic (exact) mass is 242 g/mol. The molecule has 0 aromatic carbocycles. The van der Waals surface area contributed by atoms with Crippen LogP contribution in [-0.4, -0.2) is 29.0 Å². The Morgan fingerprint density at radius 2 is 1.94 bits per heavy atom. The van der Waals surface area contributed by atoms with Gasteiger partial charge in [0.15, 0.2) is 0 Å². The molecular weight excluding hydrogens is 216 g/mol. The largest absolute Gasteiger partial charge is 0.393 e. The van der Waals surface area contributed by atoms with E-state index in [1.54, 1.807) is 0 Å². The maximum Gasteiger partial charge on any atom is 0.0727 e. The number of thiocarbonyl (C=S) groups is 1. The highest BCUT2D eigenvalue weighted by molar-refractivity contribution is 7.80. The van der Waals surface area contributed by atoms with Crippen LogP contribution in [0.1, 0.15) is 58.3 Å². The molecule has 0 amide bonds. The maximum absolute atomic E-state index is 5.50. The Hall–Kier alpha value is -0.150. The Morgan fingerprint density at radius 1 is 1.25 bits per heavy atom. The summed E-state index contributed by atoms with van der Waals surface area (Å²) in [4.78, 5) is 3.32. The molecule has 0 radical (unpaired) electrons. The molecule has 1 fully saturated rings. The van der Waals surface area contributed by atoms with Crippen molar-refractivity contribution in [1.82, 2.24) is 4.90 Å². The van der Waals surface area contributed by atoms with Crippen molar-refractivity contribution < 1.29 is 0 Å². The van der Waals surface area contributed by atoms with Gasteiger partial charge in [0.2, 0.25) is 0 Å². The van der Waals surface area contributed by atoms with Crippen LogP contribution in [0, 0.1) is 0 Å². The molecule has 0 saturated heterocycles. The fourth-order valence-corrected chi connectivity index (χ4v) is 2.80. The summed E-state index contributed by atoms with van der Waals surface area (Å²) in [6.07, 6.45) is 10.4. The van der Waals surface area contributed by atoms with Gasteiger partial charge in [0.1, 0.15) is 0 Å². The van der Waals surface area contributed by atoms with Crippen LogP contribution < -0.4 is 5.73 Å². The second-order valence-corrected chi connectivity index (χ2v) is 5.37. The molecule has 0 heterocycles. The number of unbranched alkanes of at least 4 members (excludes halogenated alkanes) is 1. The Labute approximate surface area is 106 Å². The van der Waals surface area contributed by atoms with E-state index >= 15 is 0 Å². The standard InChI is InChI=1S/C13H26N2S/c1-2-15(11-7-6-10-13(14)16)12-8-4-3-5-9-12/h12H,2-11H2,1H3,(H2,14,16). The average Bonchev–Trinajstić information content (AvgIpc) is 2.30. The molecule has 16 heavy (non-hydrogen) atoms. The molecule has 2 nitrogen and oxygen atoms in total. The molecule has 1 saturated carbocycles. The van der Waals surface area contributed by atoms with Gasteiger partial charge in [-0.15, -0.1) is 0 Å². The normalized spacial score (nSPS) is 17.9. The van der Waals surface area contributed by atoms with Gasteiger partial charge in [-0.05, 0) is 45.2 Å². The van der Waals surface area contributed by atoms with E-state index in [-0.39, 0.29) is 0 Å². The summed E-state index contributed by atoms with van der Waals surface area (Å²) < 4.78 is 0. The highest BCUT2D eigenvalue weighted by Crippen LogP contribution is 2.22. The molecular formula is C13H26N2S. The van der Waals surface area contributed by atoms with E-state index in [0.717, 1.165) is 18.9 Å². The van der Waals surface area contributed by atoms with E-state index in [1.165, 1.54) is 51.6 Å². The van der Waals surface area contributed by atoms with Crippen molar-refractivity contribution in [3.05, 3.63) is 0 Å². The lowest BCUT2D eigenvalue weighted by Crippen LogP contribution is -2.37. The summed E-state index contributed by atoms with van der Waals surface area (Å²) in [6, 6.07) is 0.851. The minimum atomic E-state index is 0.667. The molecule has 1 aliphatic carbocycles. The zero-order valence-electron chi connectivity index (χ0n) is 10.6. The quantitative estimate of drug-likeness (QED) is 0.549. The number of nitrogens with zero attached hydrogens (tertiary/aromatic N) is 1. The Kier molecular flexibility index (Phi) is 6.97. The second kappa shape index (κ2) is 8.02. The van der Waals surface area contributed by atoms with Crippen LogP contribution in [0.25, 0.3) is 0 Å². The van der Waals surface area contributed by atoms with E-state index < -0.39 is 0 Å². The van der Waals surface area contributed by atoms with E-state index in [9.17, 15) is 0 Å². The van der Waals surface area contributed by atoms with Crippen molar-refractivity contribution in [2.75, 3.05) is 13.1 Å². The van der Waals surface area contributed by atoms with Crippen LogP contribution in [0.5, 0.6) is 0 Å². The van der Waals surface area contributed by atoms with Gasteiger partial charge in [0.05, 0.1) is 4.99 Å². The molecule has 1 aliphatic rings. The molecule has 1 rings (SSSR count). The van der Waals surface area contributed by atoms with Crippen molar-refractivity contribution >= 4 is 17.2 Å². The fraction of sp³-hybridized carbons (Fsp3) is 0.923. The number of hydrogen-bond donors (Lipinski definition) is 1. The van der Waals surface area contributed by atoms with Gasteiger partial charge in [-0.25, -0.2) is 0 Å². The van der Waals surface area contributed by atoms with Crippen LogP contribution in [0.3, 0.4) is 0 Å². The van der Waals surface area contributed by atoms with Crippen molar-refractivity contribution in [2.45, 2.75) is 64.3 Å². The third-order valence-corrected chi connectivity index (χ3v) is 3.82. The molecule has 3 heteroatoms. The minimum Gasteiger partial charge on any atom is -0.393 e. The summed E-state index contributed by atoms with van der Waals surface area (Å²) >= 11 is 4.89. The van der Waals surface area contributed by atoms with Gasteiger partial charge in [-0.2, -0.15) is 0 Å². The van der Waals surface area contributed by atoms with Crippen molar-refractivity contribution in [1.29, 1.82) is 0 Å². The zero-order valence-corrected chi connectivity index (χ0v) is 11.4. The first-order valence-corrected chi connectivity index (χ1v) is 7.17. The first-order valence-electron chi connectivity index (χ1n) is 6.76. The first-order chi connectivity index (χ1) is 7.74. The topological polar surface area (TPSA) is 29.3 Å². The lowest BCUT2D eigenvalue weighted by Gasteiger charge is -2.33. The zero-order chi connectivity index (χ0) is 11.8. The lowest BCUT2D eigenvalue weighted by atomic mass is 9.94. The predicted molar refractivity (Wildman–Crippen MR) is 74.8 cm³/mol. The third kappa shape index (κ3) is 5.26. The van der Waals surface area contributed by atoms with Gasteiger partial charge in [-0.1, -0.05) is 38.4 Å². The smallest absolute Gasteiger partial charge is 0.0727 e. The molecule has 0 unspecified atom stereocenters. The Balaban J connectivity index is 2.17. The van der Waals surface area contributed by atoms with Gasteiger partial charge in [0, 0.05) is 6.04 Å².